The van der Waals surface area contributed by atoms with E-state index in [2.05, 4.69) is 33.8 Å². The van der Waals surface area contributed by atoms with Gasteiger partial charge in [0.25, 0.3) is 0 Å². The van der Waals surface area contributed by atoms with E-state index in [0.717, 1.165) is 21.4 Å². The Bertz CT molecular complexity index is 439. The van der Waals surface area contributed by atoms with E-state index in [9.17, 15) is 5.11 Å². The molecule has 5 heteroatoms. The highest BCUT2D eigenvalue weighted by Crippen LogP contribution is 2.33. The van der Waals surface area contributed by atoms with E-state index in [1.807, 2.05) is 13.0 Å². The van der Waals surface area contributed by atoms with Crippen LogP contribution in [0.15, 0.2) is 16.6 Å². The maximum Gasteiger partial charge on any atom is 0.0981 e. The number of nitrogen functional groups attached to an aromatic ring is 1. The van der Waals surface area contributed by atoms with E-state index in [4.69, 9.17) is 10.5 Å². The smallest absolute Gasteiger partial charge is 0.0981 e. The Hall–Kier alpha value is -0.780. The van der Waals surface area contributed by atoms with Crippen LogP contribution in [0.5, 0.6) is 0 Å². The number of hydrogen-bond acceptors (Lipinski definition) is 4. The predicted molar refractivity (Wildman–Crippen MR) is 76.9 cm³/mol. The molecular formula is C13H19BrN2O2. The second-order valence-electron chi connectivity index (χ2n) is 4.80. The van der Waals surface area contributed by atoms with Crippen LogP contribution in [0.4, 0.5) is 11.4 Å². The van der Waals surface area contributed by atoms with Gasteiger partial charge in [-0.1, -0.05) is 0 Å². The SMILES string of the molecule is Cc1cc(N2CC(CO)OCC2C)c(Br)cc1N. The largest absolute Gasteiger partial charge is 0.398 e. The fourth-order valence-corrected chi connectivity index (χ4v) is 2.75. The normalized spacial score (nSPS) is 24.3. The summed E-state index contributed by atoms with van der Waals surface area (Å²) in [5, 5.41) is 9.23. The molecule has 0 amide bonds. The average molecular weight is 315 g/mol. The molecule has 1 aliphatic heterocycles. The molecule has 0 spiro atoms. The molecule has 0 bridgehead atoms. The van der Waals surface area contributed by atoms with Gasteiger partial charge in [0, 0.05) is 22.7 Å². The summed E-state index contributed by atoms with van der Waals surface area (Å²) in [4.78, 5) is 2.25. The molecule has 1 aliphatic rings. The monoisotopic (exact) mass is 314 g/mol. The Morgan fingerprint density at radius 2 is 2.28 bits per heavy atom. The summed E-state index contributed by atoms with van der Waals surface area (Å²) >= 11 is 3.56. The second kappa shape index (κ2) is 5.47. The minimum absolute atomic E-state index is 0.0504. The lowest BCUT2D eigenvalue weighted by atomic mass is 10.1. The van der Waals surface area contributed by atoms with Crippen molar-refractivity contribution in [1.29, 1.82) is 0 Å². The number of aliphatic hydroxyl groups is 1. The van der Waals surface area contributed by atoms with Crippen LogP contribution in [-0.4, -0.2) is 37.0 Å². The Morgan fingerprint density at radius 1 is 1.56 bits per heavy atom. The van der Waals surface area contributed by atoms with Crippen LogP contribution in [0.3, 0.4) is 0 Å². The summed E-state index contributed by atoms with van der Waals surface area (Å²) < 4.78 is 6.54. The molecule has 1 aromatic carbocycles. The van der Waals surface area contributed by atoms with Gasteiger partial charge in [-0.2, -0.15) is 0 Å². The highest BCUT2D eigenvalue weighted by molar-refractivity contribution is 9.10. The van der Waals surface area contributed by atoms with Gasteiger partial charge in [-0.15, -0.1) is 0 Å². The molecule has 18 heavy (non-hydrogen) atoms. The van der Waals surface area contributed by atoms with Crippen molar-refractivity contribution in [2.75, 3.05) is 30.4 Å². The molecular weight excluding hydrogens is 296 g/mol. The fraction of sp³-hybridized carbons (Fsp3) is 0.538. The third-order valence-corrected chi connectivity index (χ3v) is 3.99. The van der Waals surface area contributed by atoms with Gasteiger partial charge in [0.1, 0.15) is 0 Å². The minimum Gasteiger partial charge on any atom is -0.398 e. The van der Waals surface area contributed by atoms with Crippen molar-refractivity contribution in [2.24, 2.45) is 0 Å². The summed E-state index contributed by atoms with van der Waals surface area (Å²) in [6.07, 6.45) is -0.119. The van der Waals surface area contributed by atoms with Gasteiger partial charge in [-0.25, -0.2) is 0 Å². The number of benzene rings is 1. The Labute approximate surface area is 116 Å². The zero-order chi connectivity index (χ0) is 13.3. The molecule has 1 fully saturated rings. The quantitative estimate of drug-likeness (QED) is 0.819. The zero-order valence-electron chi connectivity index (χ0n) is 10.7. The van der Waals surface area contributed by atoms with Crippen LogP contribution in [0.2, 0.25) is 0 Å². The van der Waals surface area contributed by atoms with Crippen LogP contribution in [0.1, 0.15) is 12.5 Å². The first-order valence-electron chi connectivity index (χ1n) is 6.07. The van der Waals surface area contributed by atoms with E-state index >= 15 is 0 Å². The summed E-state index contributed by atoms with van der Waals surface area (Å²) in [5.74, 6) is 0. The Morgan fingerprint density at radius 3 is 2.94 bits per heavy atom. The molecule has 2 rings (SSSR count). The van der Waals surface area contributed by atoms with E-state index < -0.39 is 0 Å². The molecule has 0 aliphatic carbocycles. The Balaban J connectivity index is 2.31. The molecule has 2 atom stereocenters. The number of nitrogens with zero attached hydrogens (tertiary/aromatic N) is 1. The number of morpholine rings is 1. The fourth-order valence-electron chi connectivity index (χ4n) is 2.17. The second-order valence-corrected chi connectivity index (χ2v) is 5.65. The number of ether oxygens (including phenoxy) is 1. The van der Waals surface area contributed by atoms with Gasteiger partial charge in [-0.3, -0.25) is 0 Å². The topological polar surface area (TPSA) is 58.7 Å². The molecule has 3 N–H and O–H groups in total. The summed E-state index contributed by atoms with van der Waals surface area (Å²) in [6, 6.07) is 4.29. The van der Waals surface area contributed by atoms with Gasteiger partial charge in [-0.05, 0) is 47.5 Å². The van der Waals surface area contributed by atoms with Crippen molar-refractivity contribution < 1.29 is 9.84 Å². The molecule has 0 aromatic heterocycles. The maximum atomic E-state index is 9.23. The van der Waals surface area contributed by atoms with Gasteiger partial charge < -0.3 is 20.5 Å². The van der Waals surface area contributed by atoms with Crippen molar-refractivity contribution in [3.05, 3.63) is 22.2 Å². The lowest BCUT2D eigenvalue weighted by Gasteiger charge is -2.39. The number of halogens is 1. The zero-order valence-corrected chi connectivity index (χ0v) is 12.3. The number of aliphatic hydroxyl groups excluding tert-OH is 1. The Kier molecular flexibility index (Phi) is 4.14. The minimum atomic E-state index is -0.119. The first-order chi connectivity index (χ1) is 8.52. The van der Waals surface area contributed by atoms with E-state index in [1.165, 1.54) is 0 Å². The van der Waals surface area contributed by atoms with E-state index in [1.54, 1.807) is 0 Å². The average Bonchev–Trinajstić information content (AvgIpc) is 2.35. The number of rotatable bonds is 2. The van der Waals surface area contributed by atoms with Crippen LogP contribution < -0.4 is 10.6 Å². The number of hydrogen-bond donors (Lipinski definition) is 2. The van der Waals surface area contributed by atoms with Gasteiger partial charge in [0.2, 0.25) is 0 Å². The third kappa shape index (κ3) is 2.63. The van der Waals surface area contributed by atoms with Gasteiger partial charge in [0.15, 0.2) is 0 Å². The summed E-state index contributed by atoms with van der Waals surface area (Å²) in [5.41, 5.74) is 8.85. The molecule has 0 saturated carbocycles. The molecule has 2 unspecified atom stereocenters. The highest BCUT2D eigenvalue weighted by Gasteiger charge is 2.27. The summed E-state index contributed by atoms with van der Waals surface area (Å²) in [6.45, 7) is 5.49. The third-order valence-electron chi connectivity index (χ3n) is 3.35. The van der Waals surface area contributed by atoms with Crippen molar-refractivity contribution in [2.45, 2.75) is 26.0 Å². The van der Waals surface area contributed by atoms with Crippen LogP contribution in [-0.2, 0) is 4.74 Å². The first kappa shape index (κ1) is 13.6. The standard InChI is InChI=1S/C13H19BrN2O2/c1-8-3-13(11(14)4-12(8)15)16-5-10(6-17)18-7-9(16)2/h3-4,9-10,17H,5-7,15H2,1-2H3. The number of nitrogens with two attached hydrogens (primary N) is 1. The van der Waals surface area contributed by atoms with Crippen molar-refractivity contribution in [3.8, 4) is 0 Å². The van der Waals surface area contributed by atoms with Gasteiger partial charge >= 0.3 is 0 Å². The molecule has 1 saturated heterocycles. The number of anilines is 2. The van der Waals surface area contributed by atoms with Crippen LogP contribution in [0.25, 0.3) is 0 Å². The number of aryl methyl sites for hydroxylation is 1. The lowest BCUT2D eigenvalue weighted by Crippen LogP contribution is -2.49. The van der Waals surface area contributed by atoms with Gasteiger partial charge in [0.05, 0.1) is 25.0 Å². The molecule has 0 radical (unpaired) electrons. The summed E-state index contributed by atoms with van der Waals surface area (Å²) in [7, 11) is 0. The van der Waals surface area contributed by atoms with Crippen LogP contribution >= 0.6 is 15.9 Å². The van der Waals surface area contributed by atoms with E-state index in [0.29, 0.717) is 13.2 Å². The first-order valence-corrected chi connectivity index (χ1v) is 6.87. The molecule has 4 nitrogen and oxygen atoms in total. The van der Waals surface area contributed by atoms with Crippen molar-refractivity contribution in [3.63, 3.8) is 0 Å². The van der Waals surface area contributed by atoms with E-state index in [-0.39, 0.29) is 18.8 Å². The van der Waals surface area contributed by atoms with Crippen molar-refractivity contribution >= 4 is 27.3 Å². The highest BCUT2D eigenvalue weighted by atomic mass is 79.9. The predicted octanol–water partition coefficient (Wildman–Crippen LogP) is 1.93. The lowest BCUT2D eigenvalue weighted by molar-refractivity contribution is -0.0103. The molecule has 1 heterocycles. The van der Waals surface area contributed by atoms with Crippen LogP contribution in [0, 0.1) is 6.92 Å². The maximum absolute atomic E-state index is 9.23. The molecule has 1 aromatic rings. The molecule has 100 valence electrons. The van der Waals surface area contributed by atoms with Crippen molar-refractivity contribution in [1.82, 2.24) is 0 Å².